The summed E-state index contributed by atoms with van der Waals surface area (Å²) in [6, 6.07) is 0. The number of hydrogen-bond donors (Lipinski definition) is 2. The summed E-state index contributed by atoms with van der Waals surface area (Å²) in [5, 5.41) is 5.07. The van der Waals surface area contributed by atoms with Crippen LogP contribution in [0.2, 0.25) is 0 Å². The third-order valence-corrected chi connectivity index (χ3v) is 4.33. The fraction of sp³-hybridized carbons (Fsp3) is 0.643. The molecular weight excluding hydrogens is 266 g/mol. The average Bonchev–Trinajstić information content (AvgIpc) is 2.82. The van der Waals surface area contributed by atoms with Crippen molar-refractivity contribution in [3.63, 3.8) is 0 Å². The zero-order valence-electron chi connectivity index (χ0n) is 12.7. The Bertz CT molecular complexity index is 617. The summed E-state index contributed by atoms with van der Waals surface area (Å²) < 4.78 is 1.75. The first-order chi connectivity index (χ1) is 10.2. The van der Waals surface area contributed by atoms with E-state index in [0.29, 0.717) is 5.82 Å². The van der Waals surface area contributed by atoms with Gasteiger partial charge in [-0.2, -0.15) is 5.10 Å². The highest BCUT2D eigenvalue weighted by atomic mass is 15.3. The molecule has 0 saturated heterocycles. The summed E-state index contributed by atoms with van der Waals surface area (Å²) in [4.78, 5) is 11.6. The Morgan fingerprint density at radius 2 is 2.24 bits per heavy atom. The molecule has 3 rings (SSSR count). The number of aromatic nitrogens is 4. The van der Waals surface area contributed by atoms with E-state index in [-0.39, 0.29) is 0 Å². The molecule has 7 nitrogen and oxygen atoms in total. The molecule has 2 aromatic heterocycles. The second kappa shape index (κ2) is 5.95. The Hall–Kier alpha value is -1.73. The molecule has 114 valence electrons. The van der Waals surface area contributed by atoms with Crippen LogP contribution in [-0.4, -0.2) is 37.7 Å². The van der Waals surface area contributed by atoms with E-state index in [1.807, 2.05) is 7.05 Å². The van der Waals surface area contributed by atoms with E-state index in [9.17, 15) is 0 Å². The molecule has 1 fully saturated rings. The molecule has 0 aliphatic heterocycles. The minimum atomic E-state index is 0.641. The smallest absolute Gasteiger partial charge is 0.163 e. The Balaban J connectivity index is 1.83. The number of rotatable bonds is 6. The molecule has 1 aliphatic carbocycles. The van der Waals surface area contributed by atoms with Gasteiger partial charge in [-0.05, 0) is 25.3 Å². The number of aryl methyl sites for hydroxylation is 1. The third-order valence-electron chi connectivity index (χ3n) is 4.33. The number of hydrazine groups is 1. The molecule has 0 atom stereocenters. The van der Waals surface area contributed by atoms with Crippen molar-refractivity contribution in [3.8, 4) is 0 Å². The zero-order valence-corrected chi connectivity index (χ0v) is 12.7. The maximum absolute atomic E-state index is 5.58. The van der Waals surface area contributed by atoms with Crippen LogP contribution < -0.4 is 11.3 Å². The van der Waals surface area contributed by atoms with Crippen molar-refractivity contribution in [2.75, 3.05) is 18.5 Å². The van der Waals surface area contributed by atoms with Gasteiger partial charge in [-0.1, -0.05) is 13.3 Å². The molecule has 2 aromatic rings. The van der Waals surface area contributed by atoms with E-state index in [4.69, 9.17) is 5.84 Å². The van der Waals surface area contributed by atoms with Crippen LogP contribution in [0.15, 0.2) is 6.20 Å². The Morgan fingerprint density at radius 1 is 1.43 bits per heavy atom. The number of nitrogens with two attached hydrogens (primary N) is 1. The van der Waals surface area contributed by atoms with E-state index in [1.54, 1.807) is 10.9 Å². The van der Waals surface area contributed by atoms with Gasteiger partial charge < -0.3 is 5.43 Å². The lowest BCUT2D eigenvalue weighted by Gasteiger charge is -2.31. The molecule has 21 heavy (non-hydrogen) atoms. The van der Waals surface area contributed by atoms with E-state index in [1.165, 1.54) is 19.3 Å². The SMILES string of the molecule is CCN(Cc1nc(NN)c2cnn(C)c2n1)CC1CCC1. The minimum Gasteiger partial charge on any atom is -0.308 e. The fourth-order valence-electron chi connectivity index (χ4n) is 2.79. The molecule has 0 radical (unpaired) electrons. The molecule has 3 N–H and O–H groups in total. The normalized spacial score (nSPS) is 15.6. The maximum Gasteiger partial charge on any atom is 0.163 e. The Labute approximate surface area is 124 Å². The zero-order chi connectivity index (χ0) is 14.8. The minimum absolute atomic E-state index is 0.641. The molecular formula is C14H23N7. The second-order valence-electron chi connectivity index (χ2n) is 5.76. The van der Waals surface area contributed by atoms with Crippen molar-refractivity contribution in [2.24, 2.45) is 18.8 Å². The van der Waals surface area contributed by atoms with Gasteiger partial charge >= 0.3 is 0 Å². The highest BCUT2D eigenvalue weighted by Gasteiger charge is 2.21. The second-order valence-corrected chi connectivity index (χ2v) is 5.76. The van der Waals surface area contributed by atoms with Crippen LogP contribution in [0.3, 0.4) is 0 Å². The number of nitrogen functional groups attached to an aromatic ring is 1. The van der Waals surface area contributed by atoms with Crippen molar-refractivity contribution in [1.29, 1.82) is 0 Å². The molecule has 1 saturated carbocycles. The first-order valence-corrected chi connectivity index (χ1v) is 7.58. The molecule has 1 aliphatic rings. The standard InChI is InChI=1S/C14H23N7/c1-3-21(8-10-5-4-6-10)9-12-17-13(19-15)11-7-16-20(2)14(11)18-12/h7,10H,3-6,8-9,15H2,1-2H3,(H,17,18,19). The van der Waals surface area contributed by atoms with Crippen LogP contribution in [0.1, 0.15) is 32.0 Å². The van der Waals surface area contributed by atoms with Crippen LogP contribution in [0.5, 0.6) is 0 Å². The molecule has 0 bridgehead atoms. The van der Waals surface area contributed by atoms with Gasteiger partial charge in [0.1, 0.15) is 5.82 Å². The fourth-order valence-corrected chi connectivity index (χ4v) is 2.79. The third kappa shape index (κ3) is 2.84. The van der Waals surface area contributed by atoms with Crippen LogP contribution in [-0.2, 0) is 13.6 Å². The highest BCUT2D eigenvalue weighted by Crippen LogP contribution is 2.27. The van der Waals surface area contributed by atoms with Gasteiger partial charge in [-0.25, -0.2) is 15.8 Å². The number of nitrogens with zero attached hydrogens (tertiary/aromatic N) is 5. The molecule has 0 unspecified atom stereocenters. The molecule has 0 spiro atoms. The topological polar surface area (TPSA) is 84.9 Å². The van der Waals surface area contributed by atoms with Crippen LogP contribution in [0.25, 0.3) is 11.0 Å². The summed E-state index contributed by atoms with van der Waals surface area (Å²) in [5.41, 5.74) is 3.47. The number of nitrogens with one attached hydrogen (secondary N) is 1. The van der Waals surface area contributed by atoms with E-state index < -0.39 is 0 Å². The van der Waals surface area contributed by atoms with E-state index in [0.717, 1.165) is 42.4 Å². The lowest BCUT2D eigenvalue weighted by Crippen LogP contribution is -2.32. The van der Waals surface area contributed by atoms with Crippen molar-refractivity contribution < 1.29 is 0 Å². The summed E-state index contributed by atoms with van der Waals surface area (Å²) in [7, 11) is 1.88. The number of anilines is 1. The quantitative estimate of drug-likeness (QED) is 0.615. The predicted molar refractivity (Wildman–Crippen MR) is 82.4 cm³/mol. The molecule has 0 aromatic carbocycles. The summed E-state index contributed by atoms with van der Waals surface area (Å²) in [6.07, 6.45) is 5.82. The Kier molecular flexibility index (Phi) is 4.03. The van der Waals surface area contributed by atoms with Gasteiger partial charge in [0.25, 0.3) is 0 Å². The Morgan fingerprint density at radius 3 is 2.86 bits per heavy atom. The van der Waals surface area contributed by atoms with E-state index in [2.05, 4.69) is 32.3 Å². The van der Waals surface area contributed by atoms with Gasteiger partial charge in [0.2, 0.25) is 0 Å². The van der Waals surface area contributed by atoms with Gasteiger partial charge in [0, 0.05) is 13.6 Å². The largest absolute Gasteiger partial charge is 0.308 e. The summed E-state index contributed by atoms with van der Waals surface area (Å²) in [6.45, 7) is 5.08. The molecule has 0 amide bonds. The first kappa shape index (κ1) is 14.2. The van der Waals surface area contributed by atoms with Crippen LogP contribution in [0, 0.1) is 5.92 Å². The number of fused-ring (bicyclic) bond motifs is 1. The van der Waals surface area contributed by atoms with Gasteiger partial charge in [0.05, 0.1) is 18.1 Å². The maximum atomic E-state index is 5.58. The summed E-state index contributed by atoms with van der Waals surface area (Å²) in [5.74, 6) is 7.86. The monoisotopic (exact) mass is 289 g/mol. The van der Waals surface area contributed by atoms with Crippen molar-refractivity contribution in [3.05, 3.63) is 12.0 Å². The first-order valence-electron chi connectivity index (χ1n) is 7.58. The van der Waals surface area contributed by atoms with Gasteiger partial charge in [-0.15, -0.1) is 0 Å². The predicted octanol–water partition coefficient (Wildman–Crippen LogP) is 1.27. The van der Waals surface area contributed by atoms with Crippen LogP contribution in [0.4, 0.5) is 5.82 Å². The van der Waals surface area contributed by atoms with Crippen molar-refractivity contribution in [2.45, 2.75) is 32.7 Å². The van der Waals surface area contributed by atoms with Crippen molar-refractivity contribution in [1.82, 2.24) is 24.6 Å². The molecule has 2 heterocycles. The van der Waals surface area contributed by atoms with Crippen LogP contribution >= 0.6 is 0 Å². The number of hydrogen-bond acceptors (Lipinski definition) is 6. The summed E-state index contributed by atoms with van der Waals surface area (Å²) >= 11 is 0. The lowest BCUT2D eigenvalue weighted by atomic mass is 9.85. The van der Waals surface area contributed by atoms with E-state index >= 15 is 0 Å². The molecule has 7 heteroatoms. The van der Waals surface area contributed by atoms with Gasteiger partial charge in [0.15, 0.2) is 11.5 Å². The van der Waals surface area contributed by atoms with Crippen molar-refractivity contribution >= 4 is 16.9 Å². The highest BCUT2D eigenvalue weighted by molar-refractivity contribution is 5.86. The van der Waals surface area contributed by atoms with Gasteiger partial charge in [-0.3, -0.25) is 9.58 Å². The average molecular weight is 289 g/mol. The lowest BCUT2D eigenvalue weighted by molar-refractivity contribution is 0.175.